The normalized spacial score (nSPS) is 15.0. The van der Waals surface area contributed by atoms with Crippen molar-refractivity contribution in [2.45, 2.75) is 10.6 Å². The lowest BCUT2D eigenvalue weighted by molar-refractivity contribution is -0.146. The maximum absolute atomic E-state index is 12.6. The molecule has 30 heavy (non-hydrogen) atoms. The van der Waals surface area contributed by atoms with Gasteiger partial charge in [-0.05, 0) is 30.3 Å². The van der Waals surface area contributed by atoms with E-state index in [1.807, 2.05) is 0 Å². The second kappa shape index (κ2) is 10.1. The molecule has 2 heterocycles. The fourth-order valence-electron chi connectivity index (χ4n) is 2.62. The van der Waals surface area contributed by atoms with Crippen molar-refractivity contribution < 1.29 is 27.5 Å². The van der Waals surface area contributed by atoms with Crippen LogP contribution in [0.3, 0.4) is 0 Å². The van der Waals surface area contributed by atoms with Gasteiger partial charge in [0.05, 0.1) is 29.7 Å². The van der Waals surface area contributed by atoms with E-state index in [-0.39, 0.29) is 15.7 Å². The molecule has 1 aliphatic heterocycles. The number of nitrogens with one attached hydrogen (secondary N) is 1. The SMILES string of the molecule is O=C(COC(=O)Cc1ccc(S(=O)(=O)N2CCOCC2)s1)Nc1ccc(Cl)c(Cl)c1. The fourth-order valence-corrected chi connectivity index (χ4v) is 5.82. The molecule has 0 spiro atoms. The number of nitrogens with zero attached hydrogens (tertiary/aromatic N) is 1. The lowest BCUT2D eigenvalue weighted by Crippen LogP contribution is -2.40. The number of morpholine rings is 1. The minimum absolute atomic E-state index is 0.136. The van der Waals surface area contributed by atoms with Crippen LogP contribution in [0.25, 0.3) is 0 Å². The molecule has 1 aromatic heterocycles. The lowest BCUT2D eigenvalue weighted by Gasteiger charge is -2.25. The number of hydrogen-bond donors (Lipinski definition) is 1. The molecular formula is C18H18Cl2N2O6S2. The Kier molecular flexibility index (Phi) is 7.72. The number of benzene rings is 1. The smallest absolute Gasteiger partial charge is 0.311 e. The summed E-state index contributed by atoms with van der Waals surface area (Å²) >= 11 is 12.7. The monoisotopic (exact) mass is 492 g/mol. The number of halogens is 2. The highest BCUT2D eigenvalue weighted by Crippen LogP contribution is 2.26. The molecular weight excluding hydrogens is 475 g/mol. The third kappa shape index (κ3) is 5.93. The molecule has 0 bridgehead atoms. The number of carbonyl (C=O) groups excluding carboxylic acids is 2. The molecule has 0 radical (unpaired) electrons. The van der Waals surface area contributed by atoms with E-state index in [9.17, 15) is 18.0 Å². The van der Waals surface area contributed by atoms with Crippen LogP contribution < -0.4 is 5.32 Å². The number of anilines is 1. The van der Waals surface area contributed by atoms with Gasteiger partial charge in [-0.1, -0.05) is 23.2 Å². The number of amides is 1. The standard InChI is InChI=1S/C18H18Cl2N2O6S2/c19-14-3-1-12(9-15(14)20)21-16(23)11-28-17(24)10-13-2-4-18(29-13)30(25,26)22-5-7-27-8-6-22/h1-4,9H,5-8,10-11H2,(H,21,23). The summed E-state index contributed by atoms with van der Waals surface area (Å²) < 4.78 is 36.9. The molecule has 0 atom stereocenters. The molecule has 1 fully saturated rings. The Morgan fingerprint density at radius 3 is 2.57 bits per heavy atom. The van der Waals surface area contributed by atoms with Gasteiger partial charge in [0.25, 0.3) is 15.9 Å². The van der Waals surface area contributed by atoms with Gasteiger partial charge in [-0.2, -0.15) is 4.31 Å². The Hall–Kier alpha value is -1.69. The van der Waals surface area contributed by atoms with E-state index < -0.39 is 28.5 Å². The van der Waals surface area contributed by atoms with Crippen molar-refractivity contribution in [1.82, 2.24) is 4.31 Å². The average molecular weight is 493 g/mol. The number of sulfonamides is 1. The van der Waals surface area contributed by atoms with Crippen LogP contribution in [0.1, 0.15) is 4.88 Å². The van der Waals surface area contributed by atoms with Gasteiger partial charge in [-0.25, -0.2) is 8.42 Å². The van der Waals surface area contributed by atoms with Crippen molar-refractivity contribution in [3.63, 3.8) is 0 Å². The van der Waals surface area contributed by atoms with Crippen LogP contribution in [0.15, 0.2) is 34.5 Å². The molecule has 1 aliphatic rings. The zero-order chi connectivity index (χ0) is 21.7. The van der Waals surface area contributed by atoms with E-state index in [0.717, 1.165) is 11.3 Å². The van der Waals surface area contributed by atoms with Crippen molar-refractivity contribution in [3.8, 4) is 0 Å². The number of ether oxygens (including phenoxy) is 2. The maximum atomic E-state index is 12.6. The summed E-state index contributed by atoms with van der Waals surface area (Å²) in [7, 11) is -3.61. The summed E-state index contributed by atoms with van der Waals surface area (Å²) in [5.74, 6) is -1.18. The molecule has 3 rings (SSSR count). The summed E-state index contributed by atoms with van der Waals surface area (Å²) in [5.41, 5.74) is 0.418. The number of thiophene rings is 1. The molecule has 1 saturated heterocycles. The molecule has 1 N–H and O–H groups in total. The Morgan fingerprint density at radius 2 is 1.87 bits per heavy atom. The quantitative estimate of drug-likeness (QED) is 0.596. The molecule has 1 amide bonds. The highest BCUT2D eigenvalue weighted by atomic mass is 35.5. The van der Waals surface area contributed by atoms with Crippen LogP contribution in [-0.4, -0.2) is 57.5 Å². The lowest BCUT2D eigenvalue weighted by atomic mass is 10.3. The first-order valence-corrected chi connectivity index (χ1v) is 11.8. The van der Waals surface area contributed by atoms with Gasteiger partial charge in [-0.15, -0.1) is 11.3 Å². The van der Waals surface area contributed by atoms with E-state index in [1.165, 1.54) is 22.5 Å². The topological polar surface area (TPSA) is 102 Å². The van der Waals surface area contributed by atoms with Crippen molar-refractivity contribution in [2.24, 2.45) is 0 Å². The van der Waals surface area contributed by atoms with Gasteiger partial charge in [0.1, 0.15) is 4.21 Å². The zero-order valence-corrected chi connectivity index (χ0v) is 18.7. The van der Waals surface area contributed by atoms with E-state index in [0.29, 0.717) is 41.9 Å². The van der Waals surface area contributed by atoms with Gasteiger partial charge >= 0.3 is 5.97 Å². The summed E-state index contributed by atoms with van der Waals surface area (Å²) in [6.07, 6.45) is -0.136. The van der Waals surface area contributed by atoms with E-state index in [2.05, 4.69) is 5.32 Å². The van der Waals surface area contributed by atoms with Gasteiger partial charge in [0, 0.05) is 23.7 Å². The predicted molar refractivity (Wildman–Crippen MR) is 114 cm³/mol. The van der Waals surface area contributed by atoms with Crippen LogP contribution in [0.2, 0.25) is 10.0 Å². The van der Waals surface area contributed by atoms with Gasteiger partial charge in [-0.3, -0.25) is 9.59 Å². The van der Waals surface area contributed by atoms with Gasteiger partial charge in [0.15, 0.2) is 6.61 Å². The van der Waals surface area contributed by atoms with E-state index >= 15 is 0 Å². The molecule has 162 valence electrons. The van der Waals surface area contributed by atoms with Crippen molar-refractivity contribution in [2.75, 3.05) is 38.2 Å². The molecule has 0 unspecified atom stereocenters. The Bertz CT molecular complexity index is 1040. The molecule has 12 heteroatoms. The Balaban J connectivity index is 1.50. The molecule has 8 nitrogen and oxygen atoms in total. The van der Waals surface area contributed by atoms with E-state index in [4.69, 9.17) is 32.7 Å². The first kappa shape index (κ1) is 23.0. The zero-order valence-electron chi connectivity index (χ0n) is 15.6. The van der Waals surface area contributed by atoms with Gasteiger partial charge < -0.3 is 14.8 Å². The fraction of sp³-hybridized carbons (Fsp3) is 0.333. The molecule has 0 aliphatic carbocycles. The minimum Gasteiger partial charge on any atom is -0.455 e. The maximum Gasteiger partial charge on any atom is 0.311 e. The molecule has 0 saturated carbocycles. The van der Waals surface area contributed by atoms with Gasteiger partial charge in [0.2, 0.25) is 0 Å². The van der Waals surface area contributed by atoms with Crippen LogP contribution in [-0.2, 0) is 35.5 Å². The Labute approximate surface area is 187 Å². The number of rotatable bonds is 7. The summed E-state index contributed by atoms with van der Waals surface area (Å²) in [5, 5.41) is 3.18. The number of esters is 1. The Morgan fingerprint density at radius 1 is 1.13 bits per heavy atom. The van der Waals surface area contributed by atoms with Crippen LogP contribution >= 0.6 is 34.5 Å². The van der Waals surface area contributed by atoms with Crippen molar-refractivity contribution in [1.29, 1.82) is 0 Å². The van der Waals surface area contributed by atoms with Crippen molar-refractivity contribution in [3.05, 3.63) is 45.3 Å². The third-order valence-corrected chi connectivity index (χ3v) is 8.28. The summed E-state index contributed by atoms with van der Waals surface area (Å²) in [4.78, 5) is 24.5. The predicted octanol–water partition coefficient (Wildman–Crippen LogP) is 2.80. The minimum atomic E-state index is -3.61. The number of hydrogen-bond acceptors (Lipinski definition) is 7. The molecule has 2 aromatic rings. The van der Waals surface area contributed by atoms with Crippen LogP contribution in [0.4, 0.5) is 5.69 Å². The largest absolute Gasteiger partial charge is 0.455 e. The first-order chi connectivity index (χ1) is 14.3. The highest BCUT2D eigenvalue weighted by Gasteiger charge is 2.28. The van der Waals surface area contributed by atoms with E-state index in [1.54, 1.807) is 12.1 Å². The third-order valence-electron chi connectivity index (χ3n) is 4.09. The van der Waals surface area contributed by atoms with Crippen molar-refractivity contribution >= 4 is 62.1 Å². The first-order valence-electron chi connectivity index (χ1n) is 8.83. The second-order valence-electron chi connectivity index (χ2n) is 6.25. The summed E-state index contributed by atoms with van der Waals surface area (Å²) in [6, 6.07) is 7.61. The average Bonchev–Trinajstić information content (AvgIpc) is 3.19. The number of carbonyl (C=O) groups is 2. The molecule has 1 aromatic carbocycles. The van der Waals surface area contributed by atoms with Crippen LogP contribution in [0.5, 0.6) is 0 Å². The van der Waals surface area contributed by atoms with Crippen LogP contribution in [0, 0.1) is 0 Å². The summed E-state index contributed by atoms with van der Waals surface area (Å²) in [6.45, 7) is 0.822. The second-order valence-corrected chi connectivity index (χ2v) is 10.4. The highest BCUT2D eigenvalue weighted by molar-refractivity contribution is 7.91.